The van der Waals surface area contributed by atoms with Gasteiger partial charge in [0.2, 0.25) is 0 Å². The van der Waals surface area contributed by atoms with Gasteiger partial charge in [-0.15, -0.1) is 0 Å². The van der Waals surface area contributed by atoms with Crippen LogP contribution in [0.5, 0.6) is 17.2 Å². The van der Waals surface area contributed by atoms with Crippen LogP contribution in [0.15, 0.2) is 48.5 Å². The molecule has 0 aliphatic carbocycles. The van der Waals surface area contributed by atoms with Crippen molar-refractivity contribution in [3.63, 3.8) is 0 Å². The van der Waals surface area contributed by atoms with Crippen LogP contribution in [0.4, 0.5) is 0 Å². The SMILES string of the molecule is CCOc1ccc(OCCOC(=O)c2ccc(O)cc2)cc1. The second-order valence-corrected chi connectivity index (χ2v) is 4.44. The molecule has 2 aromatic rings. The molecule has 0 saturated heterocycles. The van der Waals surface area contributed by atoms with E-state index in [1.54, 1.807) is 12.1 Å². The number of rotatable bonds is 7. The molecule has 0 radical (unpaired) electrons. The molecule has 0 spiro atoms. The van der Waals surface area contributed by atoms with Crippen LogP contribution in [0.25, 0.3) is 0 Å². The minimum absolute atomic E-state index is 0.107. The first-order valence-electron chi connectivity index (χ1n) is 7.01. The van der Waals surface area contributed by atoms with Crippen LogP contribution in [-0.4, -0.2) is 30.9 Å². The Bertz CT molecular complexity index is 589. The van der Waals surface area contributed by atoms with Gasteiger partial charge in [0.25, 0.3) is 0 Å². The highest BCUT2D eigenvalue weighted by atomic mass is 16.6. The first kappa shape index (κ1) is 15.7. The van der Waals surface area contributed by atoms with Crippen LogP contribution in [0.1, 0.15) is 17.3 Å². The predicted octanol–water partition coefficient (Wildman–Crippen LogP) is 3.03. The number of hydrogen-bond acceptors (Lipinski definition) is 5. The van der Waals surface area contributed by atoms with E-state index in [1.165, 1.54) is 24.3 Å². The Morgan fingerprint density at radius 1 is 0.909 bits per heavy atom. The van der Waals surface area contributed by atoms with E-state index in [0.717, 1.165) is 5.75 Å². The molecule has 116 valence electrons. The predicted molar refractivity (Wildman–Crippen MR) is 81.5 cm³/mol. The molecular formula is C17H18O5. The first-order chi connectivity index (χ1) is 10.7. The molecule has 0 aliphatic rings. The summed E-state index contributed by atoms with van der Waals surface area (Å²) in [5, 5.41) is 9.15. The maximum Gasteiger partial charge on any atom is 0.338 e. The van der Waals surface area contributed by atoms with Crippen LogP contribution in [0.3, 0.4) is 0 Å². The van der Waals surface area contributed by atoms with Gasteiger partial charge in [-0.1, -0.05) is 0 Å². The van der Waals surface area contributed by atoms with Gasteiger partial charge in [0.15, 0.2) is 0 Å². The van der Waals surface area contributed by atoms with Gasteiger partial charge in [-0.05, 0) is 55.5 Å². The van der Waals surface area contributed by atoms with Gasteiger partial charge in [-0.2, -0.15) is 0 Å². The van der Waals surface area contributed by atoms with E-state index in [-0.39, 0.29) is 19.0 Å². The van der Waals surface area contributed by atoms with E-state index in [0.29, 0.717) is 17.9 Å². The van der Waals surface area contributed by atoms with Gasteiger partial charge in [0, 0.05) is 0 Å². The molecule has 0 unspecified atom stereocenters. The fourth-order valence-corrected chi connectivity index (χ4v) is 1.77. The lowest BCUT2D eigenvalue weighted by Crippen LogP contribution is -2.12. The van der Waals surface area contributed by atoms with E-state index in [4.69, 9.17) is 19.3 Å². The fourth-order valence-electron chi connectivity index (χ4n) is 1.77. The van der Waals surface area contributed by atoms with Crippen molar-refractivity contribution in [1.29, 1.82) is 0 Å². The van der Waals surface area contributed by atoms with E-state index in [1.807, 2.05) is 19.1 Å². The molecule has 0 aromatic heterocycles. The van der Waals surface area contributed by atoms with Crippen LogP contribution >= 0.6 is 0 Å². The van der Waals surface area contributed by atoms with E-state index in [2.05, 4.69) is 0 Å². The Labute approximate surface area is 129 Å². The molecular weight excluding hydrogens is 284 g/mol. The van der Waals surface area contributed by atoms with Crippen molar-refractivity contribution in [2.45, 2.75) is 6.92 Å². The van der Waals surface area contributed by atoms with Gasteiger partial charge in [-0.25, -0.2) is 4.79 Å². The maximum atomic E-state index is 11.7. The normalized spacial score (nSPS) is 10.0. The van der Waals surface area contributed by atoms with Gasteiger partial charge >= 0.3 is 5.97 Å². The largest absolute Gasteiger partial charge is 0.508 e. The van der Waals surface area contributed by atoms with Crippen molar-refractivity contribution in [3.05, 3.63) is 54.1 Å². The zero-order valence-corrected chi connectivity index (χ0v) is 12.3. The summed E-state index contributed by atoms with van der Waals surface area (Å²) in [7, 11) is 0. The van der Waals surface area contributed by atoms with Gasteiger partial charge < -0.3 is 19.3 Å². The Morgan fingerprint density at radius 2 is 1.50 bits per heavy atom. The number of hydrogen-bond donors (Lipinski definition) is 1. The van der Waals surface area contributed by atoms with Crippen molar-refractivity contribution in [2.75, 3.05) is 19.8 Å². The first-order valence-corrected chi connectivity index (χ1v) is 7.01. The fraction of sp³-hybridized carbons (Fsp3) is 0.235. The summed E-state index contributed by atoms with van der Waals surface area (Å²) in [6, 6.07) is 13.1. The van der Waals surface area contributed by atoms with E-state index in [9.17, 15) is 4.79 Å². The van der Waals surface area contributed by atoms with Crippen molar-refractivity contribution in [1.82, 2.24) is 0 Å². The average molecular weight is 302 g/mol. The lowest BCUT2D eigenvalue weighted by molar-refractivity contribution is 0.0450. The highest BCUT2D eigenvalue weighted by Crippen LogP contribution is 2.17. The van der Waals surface area contributed by atoms with Crippen molar-refractivity contribution >= 4 is 5.97 Å². The van der Waals surface area contributed by atoms with Crippen LogP contribution in [0, 0.1) is 0 Å². The summed E-state index contributed by atoms with van der Waals surface area (Å²) < 4.78 is 15.9. The monoisotopic (exact) mass is 302 g/mol. The lowest BCUT2D eigenvalue weighted by Gasteiger charge is -2.08. The smallest absolute Gasteiger partial charge is 0.338 e. The molecule has 0 atom stereocenters. The molecule has 0 fully saturated rings. The van der Waals surface area contributed by atoms with Crippen LogP contribution in [-0.2, 0) is 4.74 Å². The highest BCUT2D eigenvalue weighted by Gasteiger charge is 2.06. The lowest BCUT2D eigenvalue weighted by atomic mass is 10.2. The highest BCUT2D eigenvalue weighted by molar-refractivity contribution is 5.89. The molecule has 2 rings (SSSR count). The third kappa shape index (κ3) is 4.70. The number of ether oxygens (including phenoxy) is 3. The molecule has 0 bridgehead atoms. The Hall–Kier alpha value is -2.69. The Morgan fingerprint density at radius 3 is 2.09 bits per heavy atom. The number of aromatic hydroxyl groups is 1. The minimum Gasteiger partial charge on any atom is -0.508 e. The zero-order chi connectivity index (χ0) is 15.8. The van der Waals surface area contributed by atoms with Gasteiger partial charge in [0.1, 0.15) is 30.5 Å². The number of carbonyl (C=O) groups excluding carboxylic acids is 1. The van der Waals surface area contributed by atoms with Crippen LogP contribution in [0.2, 0.25) is 0 Å². The summed E-state index contributed by atoms with van der Waals surface area (Å²) in [6.07, 6.45) is 0. The molecule has 1 N–H and O–H groups in total. The molecule has 0 aliphatic heterocycles. The maximum absolute atomic E-state index is 11.7. The third-order valence-corrected chi connectivity index (χ3v) is 2.82. The number of benzene rings is 2. The number of carbonyl (C=O) groups is 1. The molecule has 5 nitrogen and oxygen atoms in total. The molecule has 0 amide bonds. The van der Waals surface area contributed by atoms with E-state index >= 15 is 0 Å². The second kappa shape index (κ2) is 7.93. The quantitative estimate of drug-likeness (QED) is 0.629. The Kier molecular flexibility index (Phi) is 5.65. The summed E-state index contributed by atoms with van der Waals surface area (Å²) in [5.41, 5.74) is 0.388. The van der Waals surface area contributed by atoms with Crippen molar-refractivity contribution < 1.29 is 24.1 Å². The van der Waals surface area contributed by atoms with Gasteiger partial charge in [-0.3, -0.25) is 0 Å². The Balaban J connectivity index is 1.72. The minimum atomic E-state index is -0.449. The zero-order valence-electron chi connectivity index (χ0n) is 12.3. The average Bonchev–Trinajstić information content (AvgIpc) is 2.54. The van der Waals surface area contributed by atoms with Crippen molar-refractivity contribution in [3.8, 4) is 17.2 Å². The standard InChI is InChI=1S/C17H18O5/c1-2-20-15-7-9-16(10-8-15)21-11-12-22-17(19)13-3-5-14(18)6-4-13/h3-10,18H,2,11-12H2,1H3. The molecule has 0 saturated carbocycles. The van der Waals surface area contributed by atoms with E-state index < -0.39 is 5.97 Å². The summed E-state index contributed by atoms with van der Waals surface area (Å²) in [5.74, 6) is 1.13. The molecule has 0 heterocycles. The summed E-state index contributed by atoms with van der Waals surface area (Å²) >= 11 is 0. The molecule has 22 heavy (non-hydrogen) atoms. The molecule has 5 heteroatoms. The number of esters is 1. The van der Waals surface area contributed by atoms with Crippen molar-refractivity contribution in [2.24, 2.45) is 0 Å². The van der Waals surface area contributed by atoms with Gasteiger partial charge in [0.05, 0.1) is 12.2 Å². The second-order valence-electron chi connectivity index (χ2n) is 4.44. The number of phenols is 1. The summed E-state index contributed by atoms with van der Waals surface area (Å²) in [6.45, 7) is 2.95. The third-order valence-electron chi connectivity index (χ3n) is 2.82. The summed E-state index contributed by atoms with van der Waals surface area (Å²) in [4.78, 5) is 11.7. The molecule has 2 aromatic carbocycles. The topological polar surface area (TPSA) is 65.0 Å². The van der Waals surface area contributed by atoms with Crippen LogP contribution < -0.4 is 9.47 Å². The number of phenolic OH excluding ortho intramolecular Hbond substituents is 1.